The van der Waals surface area contributed by atoms with E-state index in [1.165, 1.54) is 12.8 Å². The smallest absolute Gasteiger partial charge is 0.272 e. The van der Waals surface area contributed by atoms with Gasteiger partial charge in [0.25, 0.3) is 5.91 Å². The zero-order valence-corrected chi connectivity index (χ0v) is 21.2. The zero-order valence-electron chi connectivity index (χ0n) is 20.4. The molecule has 36 heavy (non-hydrogen) atoms. The lowest BCUT2D eigenvalue weighted by molar-refractivity contribution is 0.0712. The third kappa shape index (κ3) is 4.50. The maximum Gasteiger partial charge on any atom is 0.272 e. The van der Waals surface area contributed by atoms with Crippen molar-refractivity contribution < 1.29 is 4.79 Å². The molecule has 10 nitrogen and oxygen atoms in total. The van der Waals surface area contributed by atoms with Crippen LogP contribution in [0.5, 0.6) is 0 Å². The number of anilines is 2. The van der Waals surface area contributed by atoms with Crippen molar-refractivity contribution in [2.24, 2.45) is 5.92 Å². The van der Waals surface area contributed by atoms with E-state index in [0.29, 0.717) is 42.5 Å². The van der Waals surface area contributed by atoms with Crippen LogP contribution in [0.25, 0.3) is 16.2 Å². The molecule has 6 rings (SSSR count). The van der Waals surface area contributed by atoms with Gasteiger partial charge >= 0.3 is 0 Å². The molecule has 0 spiro atoms. The molecule has 2 aliphatic rings. The second-order valence-corrected chi connectivity index (χ2v) is 10.5. The molecule has 2 fully saturated rings. The highest BCUT2D eigenvalue weighted by Gasteiger charge is 2.32. The normalized spacial score (nSPS) is 17.3. The molecule has 1 aliphatic heterocycles. The number of hydrogen-bond acceptors (Lipinski definition) is 9. The van der Waals surface area contributed by atoms with Gasteiger partial charge in [-0.2, -0.15) is 5.10 Å². The van der Waals surface area contributed by atoms with Crippen LogP contribution in [0.1, 0.15) is 43.1 Å². The minimum atomic E-state index is -0.0589. The number of nitrogens with one attached hydrogen (secondary N) is 1. The Labute approximate surface area is 213 Å². The number of rotatable bonds is 7. The Bertz CT molecular complexity index is 1360. The van der Waals surface area contributed by atoms with Crippen LogP contribution in [0.4, 0.5) is 11.8 Å². The van der Waals surface area contributed by atoms with Crippen LogP contribution in [-0.4, -0.2) is 72.6 Å². The van der Waals surface area contributed by atoms with Crippen LogP contribution >= 0.6 is 11.3 Å². The Morgan fingerprint density at radius 1 is 1.17 bits per heavy atom. The Morgan fingerprint density at radius 3 is 2.69 bits per heavy atom. The van der Waals surface area contributed by atoms with Gasteiger partial charge in [0.05, 0.1) is 11.8 Å². The molecular formula is C25H29N9OS. The van der Waals surface area contributed by atoms with E-state index in [-0.39, 0.29) is 11.9 Å². The molecule has 11 heteroatoms. The van der Waals surface area contributed by atoms with Gasteiger partial charge in [0, 0.05) is 62.3 Å². The van der Waals surface area contributed by atoms with Crippen molar-refractivity contribution in [3.8, 4) is 11.4 Å². The van der Waals surface area contributed by atoms with E-state index in [2.05, 4.69) is 39.3 Å². The predicted octanol–water partition coefficient (Wildman–Crippen LogP) is 3.59. The second-order valence-electron chi connectivity index (χ2n) is 9.62. The highest BCUT2D eigenvalue weighted by molar-refractivity contribution is 7.16. The molecule has 0 radical (unpaired) electrons. The monoisotopic (exact) mass is 503 g/mol. The molecule has 0 bridgehead atoms. The van der Waals surface area contributed by atoms with Gasteiger partial charge in [-0.1, -0.05) is 0 Å². The molecule has 4 aromatic rings. The Hall–Kier alpha value is -3.60. The molecule has 1 saturated carbocycles. The van der Waals surface area contributed by atoms with E-state index >= 15 is 0 Å². The lowest BCUT2D eigenvalue weighted by atomic mass is 10.0. The van der Waals surface area contributed by atoms with Crippen LogP contribution < -0.4 is 10.2 Å². The molecule has 0 aromatic carbocycles. The van der Waals surface area contributed by atoms with Crippen LogP contribution in [-0.2, 0) is 0 Å². The van der Waals surface area contributed by atoms with E-state index in [4.69, 9.17) is 9.97 Å². The van der Waals surface area contributed by atoms with Gasteiger partial charge in [0.15, 0.2) is 5.82 Å². The van der Waals surface area contributed by atoms with Crippen molar-refractivity contribution in [3.05, 3.63) is 48.0 Å². The molecule has 1 N–H and O–H groups in total. The molecule has 1 atom stereocenters. The van der Waals surface area contributed by atoms with E-state index in [1.807, 2.05) is 27.1 Å². The van der Waals surface area contributed by atoms with Gasteiger partial charge < -0.3 is 15.1 Å². The molecule has 186 valence electrons. The van der Waals surface area contributed by atoms with Crippen LogP contribution in [0, 0.1) is 5.92 Å². The average Bonchev–Trinajstić information content (AvgIpc) is 3.53. The van der Waals surface area contributed by atoms with Crippen LogP contribution in [0.15, 0.2) is 42.3 Å². The summed E-state index contributed by atoms with van der Waals surface area (Å²) in [6.07, 6.45) is 11.3. The first-order valence-corrected chi connectivity index (χ1v) is 13.3. The number of amides is 1. The lowest BCUT2D eigenvalue weighted by Crippen LogP contribution is -2.43. The predicted molar refractivity (Wildman–Crippen MR) is 139 cm³/mol. The summed E-state index contributed by atoms with van der Waals surface area (Å²) in [6, 6.07) is 4.24. The summed E-state index contributed by atoms with van der Waals surface area (Å²) >= 11 is 1.59. The maximum atomic E-state index is 13.6. The molecule has 4 aromatic heterocycles. The molecule has 1 saturated heterocycles. The number of hydrogen-bond donors (Lipinski definition) is 1. The van der Waals surface area contributed by atoms with E-state index in [0.717, 1.165) is 29.1 Å². The summed E-state index contributed by atoms with van der Waals surface area (Å²) in [5, 5.41) is 9.79. The molecule has 1 amide bonds. The minimum Gasteiger partial charge on any atom is -0.357 e. The first-order chi connectivity index (χ1) is 17.6. The van der Waals surface area contributed by atoms with Crippen molar-refractivity contribution in [2.75, 3.05) is 30.4 Å². The number of thiazole rings is 1. The number of likely N-dealkylation sites (tertiary alicyclic amines) is 1. The van der Waals surface area contributed by atoms with Crippen molar-refractivity contribution in [2.45, 2.75) is 44.7 Å². The highest BCUT2D eigenvalue weighted by Crippen LogP contribution is 2.36. The van der Waals surface area contributed by atoms with Gasteiger partial charge in [-0.3, -0.25) is 4.79 Å². The standard InChI is InChI=1S/C25H29N9OS/c1-16(17-4-5-17)32(2)21-14-20(30-22(31-21)19-15-28-34-12-13-36-24(19)34)23(35)33-10-6-18(7-11-33)29-25-26-8-3-9-27-25/h3,8-9,12-18H,4-7,10-11H2,1-2H3,(H,26,27,29)/t16-/m0/s1. The highest BCUT2D eigenvalue weighted by atomic mass is 32.1. The quantitative estimate of drug-likeness (QED) is 0.408. The van der Waals surface area contributed by atoms with Crippen molar-refractivity contribution >= 4 is 33.8 Å². The van der Waals surface area contributed by atoms with Gasteiger partial charge in [-0.15, -0.1) is 11.3 Å². The van der Waals surface area contributed by atoms with Gasteiger partial charge in [0.2, 0.25) is 5.95 Å². The largest absolute Gasteiger partial charge is 0.357 e. The summed E-state index contributed by atoms with van der Waals surface area (Å²) in [6.45, 7) is 3.52. The number of fused-ring (bicyclic) bond motifs is 1. The van der Waals surface area contributed by atoms with Crippen molar-refractivity contribution in [1.29, 1.82) is 0 Å². The third-order valence-electron chi connectivity index (χ3n) is 7.26. The number of piperidine rings is 1. The summed E-state index contributed by atoms with van der Waals surface area (Å²) in [7, 11) is 2.06. The molecule has 5 heterocycles. The molecule has 1 aliphatic carbocycles. The lowest BCUT2D eigenvalue weighted by Gasteiger charge is -2.32. The fraction of sp³-hybridized carbons (Fsp3) is 0.440. The topological polar surface area (TPSA) is 104 Å². The third-order valence-corrected chi connectivity index (χ3v) is 8.15. The van der Waals surface area contributed by atoms with Crippen molar-refractivity contribution in [3.63, 3.8) is 0 Å². The Morgan fingerprint density at radius 2 is 1.94 bits per heavy atom. The summed E-state index contributed by atoms with van der Waals surface area (Å²) in [5.41, 5.74) is 1.28. The summed E-state index contributed by atoms with van der Waals surface area (Å²) < 4.78 is 1.82. The SMILES string of the molecule is C[C@@H](C1CC1)N(C)c1cc(C(=O)N2CCC(Nc3ncccn3)CC2)nc(-c2cnn3ccsc23)n1. The van der Waals surface area contributed by atoms with Crippen molar-refractivity contribution in [1.82, 2.24) is 34.4 Å². The van der Waals surface area contributed by atoms with Gasteiger partial charge in [-0.05, 0) is 44.6 Å². The van der Waals surface area contributed by atoms with E-state index in [1.54, 1.807) is 36.0 Å². The van der Waals surface area contributed by atoms with E-state index in [9.17, 15) is 4.79 Å². The van der Waals surface area contributed by atoms with Crippen LogP contribution in [0.2, 0.25) is 0 Å². The molecule has 0 unspecified atom stereocenters. The second kappa shape index (κ2) is 9.45. The first-order valence-electron chi connectivity index (χ1n) is 12.4. The number of carbonyl (C=O) groups excluding carboxylic acids is 1. The van der Waals surface area contributed by atoms with E-state index < -0.39 is 0 Å². The maximum absolute atomic E-state index is 13.6. The minimum absolute atomic E-state index is 0.0589. The summed E-state index contributed by atoms with van der Waals surface area (Å²) in [4.78, 5) is 36.9. The average molecular weight is 504 g/mol. The Kier molecular flexibility index (Phi) is 6.00. The van der Waals surface area contributed by atoms with Gasteiger partial charge in [0.1, 0.15) is 16.3 Å². The van der Waals surface area contributed by atoms with Gasteiger partial charge in [-0.25, -0.2) is 24.5 Å². The fourth-order valence-corrected chi connectivity index (χ4v) is 5.57. The number of nitrogens with zero attached hydrogens (tertiary/aromatic N) is 8. The van der Waals surface area contributed by atoms with Crippen LogP contribution in [0.3, 0.4) is 0 Å². The fourth-order valence-electron chi connectivity index (χ4n) is 4.77. The number of aromatic nitrogens is 6. The Balaban J connectivity index is 1.25. The zero-order chi connectivity index (χ0) is 24.6. The first kappa shape index (κ1) is 22.8. The molecular weight excluding hydrogens is 474 g/mol. The number of carbonyl (C=O) groups is 1. The summed E-state index contributed by atoms with van der Waals surface area (Å²) in [5.74, 6) is 2.56.